The second kappa shape index (κ2) is 13.2. The highest BCUT2D eigenvalue weighted by molar-refractivity contribution is 6.36. The number of rotatable bonds is 8. The van der Waals surface area contributed by atoms with Gasteiger partial charge in [-0.05, 0) is 150 Å². The molecule has 0 aliphatic rings. The van der Waals surface area contributed by atoms with Gasteiger partial charge in [-0.2, -0.15) is 0 Å². The van der Waals surface area contributed by atoms with Gasteiger partial charge in [-0.1, -0.05) is 133 Å². The summed E-state index contributed by atoms with van der Waals surface area (Å²) in [6.45, 7) is 0. The lowest BCUT2D eigenvalue weighted by Crippen LogP contribution is -2.17. The molecule has 0 N–H and O–H groups in total. The Morgan fingerprint density at radius 3 is 0.732 bits per heavy atom. The summed E-state index contributed by atoms with van der Waals surface area (Å²) in [5.41, 5.74) is 11.6. The van der Waals surface area contributed by atoms with Crippen molar-refractivity contribution in [2.75, 3.05) is 9.80 Å². The van der Waals surface area contributed by atoms with Gasteiger partial charge in [0, 0.05) is 22.7 Å². The van der Waals surface area contributed by atoms with Crippen molar-refractivity contribution < 1.29 is 0 Å². The van der Waals surface area contributed by atoms with Crippen LogP contribution in [0.5, 0.6) is 0 Å². The zero-order valence-corrected chi connectivity index (χ0v) is 30.7. The van der Waals surface area contributed by atoms with Gasteiger partial charge in [0.1, 0.15) is 0 Å². The molecule has 11 aromatic rings. The van der Waals surface area contributed by atoms with Gasteiger partial charge in [-0.3, -0.25) is 0 Å². The quantitative estimate of drug-likeness (QED) is 0.155. The third kappa shape index (κ3) is 5.19. The summed E-state index contributed by atoms with van der Waals surface area (Å²) in [6.07, 6.45) is 0. The number of hydrogen-bond acceptors (Lipinski definition) is 2. The van der Waals surface area contributed by atoms with Crippen molar-refractivity contribution in [3.8, 4) is 22.3 Å². The first-order chi connectivity index (χ1) is 27.8. The molecule has 0 aliphatic heterocycles. The maximum absolute atomic E-state index is 2.44. The van der Waals surface area contributed by atoms with Crippen LogP contribution in [0.15, 0.2) is 218 Å². The van der Waals surface area contributed by atoms with Gasteiger partial charge in [0.25, 0.3) is 0 Å². The third-order valence-electron chi connectivity index (χ3n) is 11.3. The molecule has 0 amide bonds. The van der Waals surface area contributed by atoms with Gasteiger partial charge < -0.3 is 9.80 Å². The van der Waals surface area contributed by atoms with Crippen LogP contribution in [0.3, 0.4) is 0 Å². The highest BCUT2D eigenvalue weighted by atomic mass is 15.2. The molecular formula is C54H36N2. The standard InChI is InChI=1S/C54H36N2/c1-7-19-37(20-8-1)43-31-45-46(32-44(43)38-21-9-2-10-22-38)48-34-50-49(33-47(45)48)51-35-53(55(39-23-11-3-12-24-39)40-25-13-4-14-26-40)54(36-52(50)51)56(41-27-15-5-16-28-41)42-29-17-6-18-30-42/h1-36H. The summed E-state index contributed by atoms with van der Waals surface area (Å²) >= 11 is 0. The number of anilines is 6. The van der Waals surface area contributed by atoms with Gasteiger partial charge in [0.05, 0.1) is 11.4 Å². The van der Waals surface area contributed by atoms with Crippen LogP contribution in [0.4, 0.5) is 34.1 Å². The van der Waals surface area contributed by atoms with Gasteiger partial charge >= 0.3 is 0 Å². The molecule has 0 fully saturated rings. The third-order valence-corrected chi connectivity index (χ3v) is 11.3. The maximum atomic E-state index is 2.44. The van der Waals surface area contributed by atoms with Crippen molar-refractivity contribution in [1.82, 2.24) is 0 Å². The molecule has 0 radical (unpaired) electrons. The molecule has 0 unspecified atom stereocenters. The highest BCUT2D eigenvalue weighted by Gasteiger charge is 2.26. The number of para-hydroxylation sites is 4. The molecule has 0 heterocycles. The fourth-order valence-electron chi connectivity index (χ4n) is 8.67. The summed E-state index contributed by atoms with van der Waals surface area (Å²) in [6, 6.07) is 79.1. The number of fused-ring (bicyclic) bond motifs is 8. The van der Waals surface area contributed by atoms with Crippen LogP contribution in [0.2, 0.25) is 0 Å². The minimum atomic E-state index is 1.11. The minimum absolute atomic E-state index is 1.11. The summed E-state index contributed by atoms with van der Waals surface area (Å²) in [5, 5.41) is 10.4. The van der Waals surface area contributed by atoms with Crippen LogP contribution in [0, 0.1) is 0 Å². The van der Waals surface area contributed by atoms with E-state index in [1.165, 1.54) is 65.3 Å². The Kier molecular flexibility index (Phi) is 7.53. The topological polar surface area (TPSA) is 6.48 Å². The van der Waals surface area contributed by atoms with Gasteiger partial charge in [0.2, 0.25) is 0 Å². The van der Waals surface area contributed by atoms with Crippen molar-refractivity contribution >= 4 is 77.2 Å². The maximum Gasteiger partial charge on any atom is 0.0709 e. The molecule has 0 atom stereocenters. The highest BCUT2D eigenvalue weighted by Crippen LogP contribution is 2.52. The fraction of sp³-hybridized carbons (Fsp3) is 0. The Morgan fingerprint density at radius 1 is 0.214 bits per heavy atom. The minimum Gasteiger partial charge on any atom is -0.308 e. The Morgan fingerprint density at radius 2 is 0.446 bits per heavy atom. The van der Waals surface area contributed by atoms with Crippen molar-refractivity contribution in [2.24, 2.45) is 0 Å². The molecule has 2 heteroatoms. The predicted molar refractivity (Wildman–Crippen MR) is 239 cm³/mol. The second-order valence-electron chi connectivity index (χ2n) is 14.5. The Balaban J connectivity index is 1.18. The van der Waals surface area contributed by atoms with E-state index in [-0.39, 0.29) is 0 Å². The van der Waals surface area contributed by atoms with E-state index < -0.39 is 0 Å². The van der Waals surface area contributed by atoms with Crippen LogP contribution < -0.4 is 9.80 Å². The van der Waals surface area contributed by atoms with Crippen molar-refractivity contribution in [2.45, 2.75) is 0 Å². The van der Waals surface area contributed by atoms with Crippen LogP contribution in [-0.4, -0.2) is 0 Å². The molecule has 11 aromatic carbocycles. The van der Waals surface area contributed by atoms with E-state index in [1.54, 1.807) is 0 Å². The average Bonchev–Trinajstić information content (AvgIpc) is 3.27. The number of nitrogens with zero attached hydrogens (tertiary/aromatic N) is 2. The zero-order chi connectivity index (χ0) is 37.0. The molecule has 0 saturated carbocycles. The van der Waals surface area contributed by atoms with Crippen molar-refractivity contribution in [3.63, 3.8) is 0 Å². The molecule has 11 rings (SSSR count). The average molecular weight is 713 g/mol. The van der Waals surface area contributed by atoms with E-state index >= 15 is 0 Å². The first-order valence-corrected chi connectivity index (χ1v) is 19.3. The van der Waals surface area contributed by atoms with E-state index in [2.05, 4.69) is 228 Å². The van der Waals surface area contributed by atoms with E-state index in [0.717, 1.165) is 34.1 Å². The normalized spacial score (nSPS) is 11.6. The molecular weight excluding hydrogens is 677 g/mol. The van der Waals surface area contributed by atoms with Gasteiger partial charge in [0.15, 0.2) is 0 Å². The van der Waals surface area contributed by atoms with Crippen LogP contribution in [0.25, 0.3) is 65.3 Å². The molecule has 0 bridgehead atoms. The van der Waals surface area contributed by atoms with Crippen LogP contribution >= 0.6 is 0 Å². The summed E-state index contributed by atoms with van der Waals surface area (Å²) < 4.78 is 0. The lowest BCUT2D eigenvalue weighted by molar-refractivity contribution is 1.23. The van der Waals surface area contributed by atoms with E-state index in [1.807, 2.05) is 0 Å². The molecule has 0 aliphatic carbocycles. The second-order valence-corrected chi connectivity index (χ2v) is 14.5. The molecule has 0 spiro atoms. The largest absolute Gasteiger partial charge is 0.308 e. The fourth-order valence-corrected chi connectivity index (χ4v) is 8.67. The summed E-state index contributed by atoms with van der Waals surface area (Å²) in [7, 11) is 0. The van der Waals surface area contributed by atoms with E-state index in [4.69, 9.17) is 0 Å². The Labute approximate surface area is 326 Å². The molecule has 0 saturated heterocycles. The van der Waals surface area contributed by atoms with Gasteiger partial charge in [-0.25, -0.2) is 0 Å². The van der Waals surface area contributed by atoms with Gasteiger partial charge in [-0.15, -0.1) is 0 Å². The van der Waals surface area contributed by atoms with Crippen molar-refractivity contribution in [1.29, 1.82) is 0 Å². The smallest absolute Gasteiger partial charge is 0.0709 e. The predicted octanol–water partition coefficient (Wildman–Crippen LogP) is 15.4. The Hall–Kier alpha value is -7.42. The van der Waals surface area contributed by atoms with E-state index in [9.17, 15) is 0 Å². The SMILES string of the molecule is c1ccc(-c2cc3c(cc2-c2ccccc2)c2cc4c5cc(N(c6ccccc6)c6ccccc6)c(N(c6ccccc6)c6ccccc6)cc5c4cc32)cc1. The Bertz CT molecular complexity index is 2800. The lowest BCUT2D eigenvalue weighted by Gasteiger charge is -2.34. The number of benzene rings is 9. The number of hydrogen-bond donors (Lipinski definition) is 0. The summed E-state index contributed by atoms with van der Waals surface area (Å²) in [4.78, 5) is 4.81. The molecule has 262 valence electrons. The van der Waals surface area contributed by atoms with Crippen molar-refractivity contribution in [3.05, 3.63) is 218 Å². The molecule has 56 heavy (non-hydrogen) atoms. The monoisotopic (exact) mass is 712 g/mol. The summed E-state index contributed by atoms with van der Waals surface area (Å²) in [5.74, 6) is 0. The molecule has 0 aromatic heterocycles. The van der Waals surface area contributed by atoms with Crippen LogP contribution in [0.1, 0.15) is 0 Å². The molecule has 2 nitrogen and oxygen atoms in total. The lowest BCUT2D eigenvalue weighted by atomic mass is 9.82. The first-order valence-electron chi connectivity index (χ1n) is 19.3. The first kappa shape index (κ1) is 32.0. The van der Waals surface area contributed by atoms with E-state index in [0.29, 0.717) is 0 Å². The zero-order valence-electron chi connectivity index (χ0n) is 30.7. The van der Waals surface area contributed by atoms with Crippen LogP contribution in [-0.2, 0) is 0 Å².